The predicted molar refractivity (Wildman–Crippen MR) is 60.4 cm³/mol. The summed E-state index contributed by atoms with van der Waals surface area (Å²) in [5, 5.41) is 0. The lowest BCUT2D eigenvalue weighted by atomic mass is 9.83. The Morgan fingerprint density at radius 1 is 0.351 bits per heavy atom. The number of hydrogen-bond acceptors (Lipinski definition) is 1. The highest BCUT2D eigenvalue weighted by Crippen LogP contribution is 2.72. The molecule has 2 unspecified atom stereocenters. The predicted octanol–water partition coefficient (Wildman–Crippen LogP) is 7.56. The molecule has 0 aliphatic carbocycles. The zero-order chi connectivity index (χ0) is 30.7. The maximum absolute atomic E-state index is 13.5. The van der Waals surface area contributed by atoms with Gasteiger partial charge in [0.2, 0.25) is 0 Å². The molecular weight excluding hydrogens is 616 g/mol. The summed E-state index contributed by atoms with van der Waals surface area (Å²) in [5.41, 5.74) is -9.03. The average molecular weight is 616 g/mol. The Morgan fingerprint density at radius 2 is 0.622 bits per heavy atom. The van der Waals surface area contributed by atoms with Gasteiger partial charge < -0.3 is 0 Å². The van der Waals surface area contributed by atoms with Crippen molar-refractivity contribution in [1.82, 2.24) is 0 Å². The van der Waals surface area contributed by atoms with Crippen molar-refractivity contribution >= 4 is 0 Å². The third-order valence-electron chi connectivity index (χ3n) is 4.61. The van der Waals surface area contributed by atoms with Gasteiger partial charge in [0, 0.05) is 0 Å². The Hall–Kier alpha value is -1.72. The molecule has 1 aliphatic heterocycles. The maximum atomic E-state index is 13.5. The molecular formula is C12F24O. The molecule has 1 rings (SSSR count). The first-order valence-electron chi connectivity index (χ1n) is 7.69. The van der Waals surface area contributed by atoms with Gasteiger partial charge in [-0.25, -0.2) is 4.39 Å². The highest BCUT2D eigenvalue weighted by Gasteiger charge is 3.04. The molecule has 1 heterocycles. The van der Waals surface area contributed by atoms with Crippen LogP contribution in [0, 0.1) is 0 Å². The SMILES string of the molecule is FC(F)(F)C1(F)OC1(F)C(F)(F)C(F)(F)C(F)(F)C(F)(F)C(F)(F)C(F)(F)C(F)(C(F)(F)F)C(F)(F)F. The monoisotopic (exact) mass is 616 g/mol. The van der Waals surface area contributed by atoms with Gasteiger partial charge in [0.05, 0.1) is 0 Å². The summed E-state index contributed by atoms with van der Waals surface area (Å²) in [6.07, 6.45) is -24.3. The van der Waals surface area contributed by atoms with Crippen LogP contribution in [0.1, 0.15) is 0 Å². The molecule has 0 aromatic heterocycles. The van der Waals surface area contributed by atoms with Crippen LogP contribution in [-0.2, 0) is 4.74 Å². The van der Waals surface area contributed by atoms with Crippen molar-refractivity contribution in [1.29, 1.82) is 0 Å². The third kappa shape index (κ3) is 3.48. The van der Waals surface area contributed by atoms with Crippen molar-refractivity contribution < 1.29 is 110 Å². The van der Waals surface area contributed by atoms with Crippen molar-refractivity contribution in [3.63, 3.8) is 0 Å². The summed E-state index contributed by atoms with van der Waals surface area (Å²) in [5.74, 6) is -69.2. The second kappa shape index (κ2) is 7.47. The van der Waals surface area contributed by atoms with E-state index in [0.29, 0.717) is 0 Å². The molecule has 0 saturated carbocycles. The second-order valence-corrected chi connectivity index (χ2v) is 6.89. The molecule has 0 spiro atoms. The summed E-state index contributed by atoms with van der Waals surface area (Å²) in [6, 6.07) is 0. The second-order valence-electron chi connectivity index (χ2n) is 6.89. The average Bonchev–Trinajstić information content (AvgIpc) is 3.23. The van der Waals surface area contributed by atoms with E-state index in [0.717, 1.165) is 0 Å². The van der Waals surface area contributed by atoms with E-state index < -0.39 is 71.4 Å². The molecule has 0 amide bonds. The first kappa shape index (κ1) is 33.3. The van der Waals surface area contributed by atoms with Gasteiger partial charge >= 0.3 is 71.4 Å². The molecule has 1 fully saturated rings. The van der Waals surface area contributed by atoms with Gasteiger partial charge in [0.25, 0.3) is 0 Å². The Morgan fingerprint density at radius 3 is 0.865 bits per heavy atom. The lowest BCUT2D eigenvalue weighted by Gasteiger charge is -2.45. The summed E-state index contributed by atoms with van der Waals surface area (Å²) >= 11 is 0. The molecule has 0 radical (unpaired) electrons. The fourth-order valence-corrected chi connectivity index (χ4v) is 2.40. The number of halogens is 24. The minimum absolute atomic E-state index is 1.85. The van der Waals surface area contributed by atoms with Gasteiger partial charge in [-0.15, -0.1) is 0 Å². The largest absolute Gasteiger partial charge is 0.455 e. The minimum Gasteiger partial charge on any atom is -0.286 e. The van der Waals surface area contributed by atoms with Crippen molar-refractivity contribution in [3.8, 4) is 0 Å². The fourth-order valence-electron chi connectivity index (χ4n) is 2.40. The molecule has 0 N–H and O–H groups in total. The van der Waals surface area contributed by atoms with Gasteiger partial charge in [-0.2, -0.15) is 101 Å². The number of alkyl halides is 24. The zero-order valence-electron chi connectivity index (χ0n) is 15.5. The van der Waals surface area contributed by atoms with Crippen molar-refractivity contribution in [2.75, 3.05) is 0 Å². The van der Waals surface area contributed by atoms with E-state index in [9.17, 15) is 105 Å². The number of hydrogen-bond donors (Lipinski definition) is 0. The van der Waals surface area contributed by atoms with Crippen molar-refractivity contribution in [2.24, 2.45) is 0 Å². The lowest BCUT2D eigenvalue weighted by Crippen LogP contribution is -2.78. The van der Waals surface area contributed by atoms with Crippen LogP contribution in [0.5, 0.6) is 0 Å². The maximum Gasteiger partial charge on any atom is 0.455 e. The summed E-state index contributed by atoms with van der Waals surface area (Å²) in [4.78, 5) is 0. The molecule has 222 valence electrons. The van der Waals surface area contributed by atoms with Crippen LogP contribution in [0.4, 0.5) is 105 Å². The van der Waals surface area contributed by atoms with Gasteiger partial charge in [-0.1, -0.05) is 0 Å². The highest BCUT2D eigenvalue weighted by atomic mass is 19.4. The van der Waals surface area contributed by atoms with E-state index in [2.05, 4.69) is 0 Å². The zero-order valence-corrected chi connectivity index (χ0v) is 15.5. The highest BCUT2D eigenvalue weighted by molar-refractivity contribution is 5.24. The third-order valence-corrected chi connectivity index (χ3v) is 4.61. The standard InChI is InChI=1S/C12F24O/c13-1(10(28,29)30,11(31,32)33)2(14,15)3(16,17)4(18,19)5(20,21)6(22,23)7(24,25)8(26)9(27,37-8)12(34,35)36. The van der Waals surface area contributed by atoms with Crippen LogP contribution in [-0.4, -0.2) is 71.4 Å². The normalized spacial score (nSPS) is 25.9. The molecule has 0 bridgehead atoms. The molecule has 25 heteroatoms. The minimum atomic E-state index is -9.46. The Bertz CT molecular complexity index is 875. The number of epoxide rings is 1. The Kier molecular flexibility index (Phi) is 6.73. The van der Waals surface area contributed by atoms with E-state index in [1.807, 2.05) is 4.74 Å². The molecule has 2 atom stereocenters. The topological polar surface area (TPSA) is 12.5 Å². The molecule has 1 saturated heterocycles. The van der Waals surface area contributed by atoms with Crippen LogP contribution in [0.15, 0.2) is 0 Å². The number of ether oxygens (including phenoxy) is 1. The van der Waals surface area contributed by atoms with Gasteiger partial charge in [0.15, 0.2) is 0 Å². The first-order valence-corrected chi connectivity index (χ1v) is 7.69. The summed E-state index contributed by atoms with van der Waals surface area (Å²) in [6.45, 7) is 0. The van der Waals surface area contributed by atoms with E-state index in [1.165, 1.54) is 0 Å². The van der Waals surface area contributed by atoms with E-state index in [1.54, 1.807) is 0 Å². The molecule has 0 aromatic carbocycles. The molecule has 0 aromatic rings. The van der Waals surface area contributed by atoms with Crippen molar-refractivity contribution in [2.45, 2.75) is 71.4 Å². The Balaban J connectivity index is 3.86. The van der Waals surface area contributed by atoms with E-state index in [-0.39, 0.29) is 0 Å². The van der Waals surface area contributed by atoms with Crippen LogP contribution < -0.4 is 0 Å². The molecule has 1 nitrogen and oxygen atoms in total. The molecule has 37 heavy (non-hydrogen) atoms. The van der Waals surface area contributed by atoms with Crippen molar-refractivity contribution in [3.05, 3.63) is 0 Å². The summed E-state index contributed by atoms with van der Waals surface area (Å²) in [7, 11) is 0. The van der Waals surface area contributed by atoms with Gasteiger partial charge in [-0.3, -0.25) is 4.74 Å². The smallest absolute Gasteiger partial charge is 0.286 e. The van der Waals surface area contributed by atoms with Crippen LogP contribution >= 0.6 is 0 Å². The quantitative estimate of drug-likeness (QED) is 0.213. The first-order chi connectivity index (χ1) is 15.5. The van der Waals surface area contributed by atoms with E-state index >= 15 is 0 Å². The lowest BCUT2D eigenvalue weighted by molar-refractivity contribution is -0.475. The van der Waals surface area contributed by atoms with Crippen LogP contribution in [0.25, 0.3) is 0 Å². The van der Waals surface area contributed by atoms with Gasteiger partial charge in [0.1, 0.15) is 0 Å². The molecule has 1 aliphatic rings. The van der Waals surface area contributed by atoms with Gasteiger partial charge in [-0.05, 0) is 0 Å². The number of rotatable bonds is 7. The fraction of sp³-hybridized carbons (Fsp3) is 1.00. The van der Waals surface area contributed by atoms with Crippen LogP contribution in [0.3, 0.4) is 0 Å². The van der Waals surface area contributed by atoms with Crippen LogP contribution in [0.2, 0.25) is 0 Å². The Labute approximate surface area is 183 Å². The van der Waals surface area contributed by atoms with E-state index in [4.69, 9.17) is 0 Å². The summed E-state index contributed by atoms with van der Waals surface area (Å²) < 4.78 is 313.